The summed E-state index contributed by atoms with van der Waals surface area (Å²) in [6.07, 6.45) is 2.19. The SMILES string of the molecule is CNCC1CCCN1c1ccc([N+](=O)[O-])c(OC(C)C)c1. The monoisotopic (exact) mass is 293 g/mol. The van der Waals surface area contributed by atoms with Crippen LogP contribution in [0.3, 0.4) is 0 Å². The van der Waals surface area contributed by atoms with E-state index in [1.165, 1.54) is 0 Å². The van der Waals surface area contributed by atoms with Crippen molar-refractivity contribution in [1.82, 2.24) is 5.32 Å². The Bertz CT molecular complexity index is 505. The number of hydrogen-bond acceptors (Lipinski definition) is 5. The molecule has 1 saturated heterocycles. The van der Waals surface area contributed by atoms with Crippen LogP contribution in [0.2, 0.25) is 0 Å². The van der Waals surface area contributed by atoms with Crippen LogP contribution in [0.15, 0.2) is 18.2 Å². The fraction of sp³-hybridized carbons (Fsp3) is 0.600. The van der Waals surface area contributed by atoms with Gasteiger partial charge in [0, 0.05) is 37.0 Å². The van der Waals surface area contributed by atoms with E-state index >= 15 is 0 Å². The summed E-state index contributed by atoms with van der Waals surface area (Å²) in [4.78, 5) is 13.0. The molecule has 1 atom stereocenters. The lowest BCUT2D eigenvalue weighted by molar-refractivity contribution is -0.386. The number of nitrogens with zero attached hydrogens (tertiary/aromatic N) is 2. The van der Waals surface area contributed by atoms with Crippen LogP contribution in [0.4, 0.5) is 11.4 Å². The molecular formula is C15H23N3O3. The van der Waals surface area contributed by atoms with Crippen LogP contribution in [-0.2, 0) is 0 Å². The van der Waals surface area contributed by atoms with E-state index in [0.29, 0.717) is 11.8 Å². The molecular weight excluding hydrogens is 270 g/mol. The Morgan fingerprint density at radius 3 is 2.90 bits per heavy atom. The molecule has 2 rings (SSSR count). The van der Waals surface area contributed by atoms with Gasteiger partial charge in [0.05, 0.1) is 11.0 Å². The van der Waals surface area contributed by atoms with Crippen molar-refractivity contribution in [2.45, 2.75) is 38.8 Å². The van der Waals surface area contributed by atoms with Gasteiger partial charge < -0.3 is 15.0 Å². The lowest BCUT2D eigenvalue weighted by Gasteiger charge is -2.27. The molecule has 0 spiro atoms. The lowest BCUT2D eigenvalue weighted by atomic mass is 10.2. The van der Waals surface area contributed by atoms with Crippen molar-refractivity contribution >= 4 is 11.4 Å². The summed E-state index contributed by atoms with van der Waals surface area (Å²) in [5.41, 5.74) is 1.02. The van der Waals surface area contributed by atoms with Crippen molar-refractivity contribution in [2.75, 3.05) is 25.0 Å². The molecule has 1 aliphatic rings. The molecule has 0 amide bonds. The molecule has 116 valence electrons. The summed E-state index contributed by atoms with van der Waals surface area (Å²) in [7, 11) is 1.94. The number of ether oxygens (including phenoxy) is 1. The molecule has 0 radical (unpaired) electrons. The third-order valence-corrected chi connectivity index (χ3v) is 3.65. The molecule has 1 aromatic carbocycles. The fourth-order valence-corrected chi connectivity index (χ4v) is 2.80. The summed E-state index contributed by atoms with van der Waals surface area (Å²) in [6, 6.07) is 5.59. The van der Waals surface area contributed by atoms with Gasteiger partial charge >= 0.3 is 5.69 Å². The summed E-state index contributed by atoms with van der Waals surface area (Å²) in [5.74, 6) is 0.350. The topological polar surface area (TPSA) is 67.6 Å². The number of rotatable bonds is 6. The zero-order chi connectivity index (χ0) is 15.4. The van der Waals surface area contributed by atoms with Gasteiger partial charge in [0.15, 0.2) is 5.75 Å². The van der Waals surface area contributed by atoms with E-state index in [1.807, 2.05) is 27.0 Å². The lowest BCUT2D eigenvalue weighted by Crippen LogP contribution is -2.36. The first kappa shape index (κ1) is 15.6. The Morgan fingerprint density at radius 2 is 2.29 bits per heavy atom. The average molecular weight is 293 g/mol. The van der Waals surface area contributed by atoms with Crippen molar-refractivity contribution in [3.05, 3.63) is 28.3 Å². The van der Waals surface area contributed by atoms with Gasteiger partial charge in [-0.2, -0.15) is 0 Å². The van der Waals surface area contributed by atoms with Crippen molar-refractivity contribution < 1.29 is 9.66 Å². The summed E-state index contributed by atoms with van der Waals surface area (Å²) in [5, 5.41) is 14.3. The quantitative estimate of drug-likeness (QED) is 0.645. The maximum atomic E-state index is 11.1. The second-order valence-corrected chi connectivity index (χ2v) is 5.62. The summed E-state index contributed by atoms with van der Waals surface area (Å²) < 4.78 is 5.62. The van der Waals surface area contributed by atoms with Gasteiger partial charge in [-0.3, -0.25) is 10.1 Å². The van der Waals surface area contributed by atoms with Crippen LogP contribution in [-0.4, -0.2) is 37.2 Å². The highest BCUT2D eigenvalue weighted by Crippen LogP contribution is 2.35. The third kappa shape index (κ3) is 3.64. The van der Waals surface area contributed by atoms with Crippen LogP contribution in [0.1, 0.15) is 26.7 Å². The second kappa shape index (κ2) is 6.76. The van der Waals surface area contributed by atoms with Gasteiger partial charge in [-0.1, -0.05) is 0 Å². The Labute approximate surface area is 125 Å². The van der Waals surface area contributed by atoms with Gasteiger partial charge in [-0.25, -0.2) is 0 Å². The molecule has 1 aliphatic heterocycles. The van der Waals surface area contributed by atoms with E-state index in [0.717, 1.165) is 31.6 Å². The maximum absolute atomic E-state index is 11.1. The van der Waals surface area contributed by atoms with Crippen molar-refractivity contribution in [2.24, 2.45) is 0 Å². The number of nitro benzene ring substituents is 1. The second-order valence-electron chi connectivity index (χ2n) is 5.62. The fourth-order valence-electron chi connectivity index (χ4n) is 2.80. The third-order valence-electron chi connectivity index (χ3n) is 3.65. The standard InChI is InChI=1S/C15H23N3O3/c1-11(2)21-15-9-12(6-7-14(15)18(19)20)17-8-4-5-13(17)10-16-3/h6-7,9,11,13,16H,4-5,8,10H2,1-3H3. The number of nitro groups is 1. The predicted molar refractivity (Wildman–Crippen MR) is 83.2 cm³/mol. The molecule has 0 saturated carbocycles. The Morgan fingerprint density at radius 1 is 1.52 bits per heavy atom. The van der Waals surface area contributed by atoms with E-state index in [9.17, 15) is 10.1 Å². The highest BCUT2D eigenvalue weighted by Gasteiger charge is 2.26. The van der Waals surface area contributed by atoms with Gasteiger partial charge in [0.1, 0.15) is 0 Å². The number of likely N-dealkylation sites (N-methyl/N-ethyl adjacent to an activating group) is 1. The van der Waals surface area contributed by atoms with Gasteiger partial charge in [-0.05, 0) is 39.8 Å². The molecule has 1 heterocycles. The van der Waals surface area contributed by atoms with Crippen LogP contribution in [0, 0.1) is 10.1 Å². The first-order chi connectivity index (χ1) is 10.0. The largest absolute Gasteiger partial charge is 0.484 e. The van der Waals surface area contributed by atoms with E-state index in [2.05, 4.69) is 10.2 Å². The molecule has 6 nitrogen and oxygen atoms in total. The zero-order valence-electron chi connectivity index (χ0n) is 12.8. The molecule has 0 aliphatic carbocycles. The van der Waals surface area contributed by atoms with Gasteiger partial charge in [-0.15, -0.1) is 0 Å². The molecule has 21 heavy (non-hydrogen) atoms. The smallest absolute Gasteiger partial charge is 0.311 e. The minimum atomic E-state index is -0.392. The molecule has 1 fully saturated rings. The normalized spacial score (nSPS) is 18.3. The van der Waals surface area contributed by atoms with Crippen LogP contribution < -0.4 is 15.0 Å². The summed E-state index contributed by atoms with van der Waals surface area (Å²) in [6.45, 7) is 5.63. The number of anilines is 1. The average Bonchev–Trinajstić information content (AvgIpc) is 2.86. The van der Waals surface area contributed by atoms with E-state index in [-0.39, 0.29) is 11.8 Å². The van der Waals surface area contributed by atoms with E-state index in [4.69, 9.17) is 4.74 Å². The minimum Gasteiger partial charge on any atom is -0.484 e. The highest BCUT2D eigenvalue weighted by molar-refractivity contribution is 5.60. The Balaban J connectivity index is 2.30. The summed E-state index contributed by atoms with van der Waals surface area (Å²) >= 11 is 0. The van der Waals surface area contributed by atoms with Crippen molar-refractivity contribution in [3.8, 4) is 5.75 Å². The zero-order valence-corrected chi connectivity index (χ0v) is 12.8. The maximum Gasteiger partial charge on any atom is 0.311 e. The van der Waals surface area contributed by atoms with E-state index in [1.54, 1.807) is 12.1 Å². The molecule has 1 unspecified atom stereocenters. The van der Waals surface area contributed by atoms with Gasteiger partial charge in [0.2, 0.25) is 0 Å². The Kier molecular flexibility index (Phi) is 5.01. The van der Waals surface area contributed by atoms with Crippen molar-refractivity contribution in [3.63, 3.8) is 0 Å². The van der Waals surface area contributed by atoms with Crippen LogP contribution >= 0.6 is 0 Å². The molecule has 1 N–H and O–H groups in total. The molecule has 0 bridgehead atoms. The molecule has 0 aromatic heterocycles. The molecule has 1 aromatic rings. The van der Waals surface area contributed by atoms with Crippen LogP contribution in [0.25, 0.3) is 0 Å². The number of hydrogen-bond donors (Lipinski definition) is 1. The van der Waals surface area contributed by atoms with Crippen LogP contribution in [0.5, 0.6) is 5.75 Å². The van der Waals surface area contributed by atoms with Gasteiger partial charge in [0.25, 0.3) is 0 Å². The highest BCUT2D eigenvalue weighted by atomic mass is 16.6. The van der Waals surface area contributed by atoms with Crippen molar-refractivity contribution in [1.29, 1.82) is 0 Å². The molecule has 6 heteroatoms. The predicted octanol–water partition coefficient (Wildman–Crippen LogP) is 2.57. The first-order valence-electron chi connectivity index (χ1n) is 7.39. The minimum absolute atomic E-state index is 0.0248. The number of benzene rings is 1. The Hall–Kier alpha value is -1.82. The van der Waals surface area contributed by atoms with E-state index < -0.39 is 4.92 Å². The number of nitrogens with one attached hydrogen (secondary N) is 1. The first-order valence-corrected chi connectivity index (χ1v) is 7.39.